The van der Waals surface area contributed by atoms with E-state index in [0.717, 1.165) is 6.07 Å². The van der Waals surface area contributed by atoms with Crippen molar-refractivity contribution in [1.29, 1.82) is 0 Å². The number of amides is 1. The SMILES string of the molecule is O=C(NC(=S)Nc1ccccc1C(F)(F)F)c1cccc2c(Cl)cccc12. The van der Waals surface area contributed by atoms with Crippen LogP contribution >= 0.6 is 23.8 Å². The first-order chi connectivity index (χ1) is 12.8. The third kappa shape index (κ3) is 4.20. The van der Waals surface area contributed by atoms with Crippen molar-refractivity contribution in [3.8, 4) is 0 Å². The summed E-state index contributed by atoms with van der Waals surface area (Å²) in [4.78, 5) is 12.5. The van der Waals surface area contributed by atoms with Gasteiger partial charge in [-0.15, -0.1) is 0 Å². The highest BCUT2D eigenvalue weighted by Crippen LogP contribution is 2.34. The third-order valence-electron chi connectivity index (χ3n) is 3.82. The van der Waals surface area contributed by atoms with Crippen LogP contribution in [-0.4, -0.2) is 11.0 Å². The van der Waals surface area contributed by atoms with Gasteiger partial charge in [0.25, 0.3) is 5.91 Å². The lowest BCUT2D eigenvalue weighted by Gasteiger charge is -2.15. The highest BCUT2D eigenvalue weighted by atomic mass is 35.5. The number of halogens is 4. The van der Waals surface area contributed by atoms with E-state index in [2.05, 4.69) is 10.6 Å². The second kappa shape index (κ2) is 7.54. The summed E-state index contributed by atoms with van der Waals surface area (Å²) in [6.07, 6.45) is -4.55. The molecule has 0 radical (unpaired) electrons. The van der Waals surface area contributed by atoms with E-state index in [1.54, 1.807) is 36.4 Å². The summed E-state index contributed by atoms with van der Waals surface area (Å²) >= 11 is 11.1. The van der Waals surface area contributed by atoms with Gasteiger partial charge < -0.3 is 5.32 Å². The standard InChI is InChI=1S/C19H12ClF3N2OS/c20-15-9-4-5-11-12(15)6-3-7-13(11)17(26)25-18(27)24-16-10-2-1-8-14(16)19(21,22)23/h1-10H,(H2,24,25,26,27). The van der Waals surface area contributed by atoms with Gasteiger partial charge >= 0.3 is 6.18 Å². The first kappa shape index (κ1) is 19.1. The molecule has 2 N–H and O–H groups in total. The molecular formula is C19H12ClF3N2OS. The molecule has 0 aliphatic rings. The molecule has 8 heteroatoms. The number of alkyl halides is 3. The Morgan fingerprint density at radius 1 is 0.926 bits per heavy atom. The minimum absolute atomic E-state index is 0.240. The van der Waals surface area contributed by atoms with Crippen molar-refractivity contribution in [1.82, 2.24) is 5.32 Å². The van der Waals surface area contributed by atoms with Crippen molar-refractivity contribution in [2.75, 3.05) is 5.32 Å². The number of hydrogen-bond acceptors (Lipinski definition) is 2. The summed E-state index contributed by atoms with van der Waals surface area (Å²) < 4.78 is 39.2. The summed E-state index contributed by atoms with van der Waals surface area (Å²) in [5.41, 5.74) is -0.807. The zero-order chi connectivity index (χ0) is 19.6. The maximum Gasteiger partial charge on any atom is 0.418 e. The van der Waals surface area contributed by atoms with E-state index in [0.29, 0.717) is 21.4 Å². The molecule has 3 nitrogen and oxygen atoms in total. The smallest absolute Gasteiger partial charge is 0.332 e. The minimum Gasteiger partial charge on any atom is -0.332 e. The van der Waals surface area contributed by atoms with Gasteiger partial charge in [0.2, 0.25) is 0 Å². The van der Waals surface area contributed by atoms with E-state index in [-0.39, 0.29) is 10.8 Å². The van der Waals surface area contributed by atoms with E-state index >= 15 is 0 Å². The number of thiocarbonyl (C=S) groups is 1. The predicted octanol–water partition coefficient (Wildman–Crippen LogP) is 5.64. The molecule has 3 aromatic rings. The lowest BCUT2D eigenvalue weighted by Crippen LogP contribution is -2.34. The Bertz CT molecular complexity index is 1040. The van der Waals surface area contributed by atoms with E-state index < -0.39 is 17.6 Å². The lowest BCUT2D eigenvalue weighted by molar-refractivity contribution is -0.136. The molecule has 0 fully saturated rings. The summed E-state index contributed by atoms with van der Waals surface area (Å²) in [5.74, 6) is -0.551. The van der Waals surface area contributed by atoms with Crippen molar-refractivity contribution in [2.45, 2.75) is 6.18 Å². The fourth-order valence-corrected chi connectivity index (χ4v) is 3.07. The maximum absolute atomic E-state index is 13.1. The Kier molecular flexibility index (Phi) is 5.34. The third-order valence-corrected chi connectivity index (χ3v) is 4.35. The van der Waals surface area contributed by atoms with Gasteiger partial charge in [0.15, 0.2) is 5.11 Å². The molecule has 3 aromatic carbocycles. The number of hydrogen-bond donors (Lipinski definition) is 2. The first-order valence-electron chi connectivity index (χ1n) is 7.73. The van der Waals surface area contributed by atoms with Crippen LogP contribution in [0.1, 0.15) is 15.9 Å². The van der Waals surface area contributed by atoms with Gasteiger partial charge in [0.05, 0.1) is 11.3 Å². The molecule has 0 atom stereocenters. The van der Waals surface area contributed by atoms with Crippen LogP contribution < -0.4 is 10.6 Å². The number of fused-ring (bicyclic) bond motifs is 1. The van der Waals surface area contributed by atoms with Gasteiger partial charge in [-0.05, 0) is 41.9 Å². The summed E-state index contributed by atoms with van der Waals surface area (Å²) in [6, 6.07) is 15.0. The summed E-state index contributed by atoms with van der Waals surface area (Å²) in [7, 11) is 0. The highest BCUT2D eigenvalue weighted by molar-refractivity contribution is 7.80. The molecule has 3 rings (SSSR count). The first-order valence-corrected chi connectivity index (χ1v) is 8.52. The number of nitrogens with one attached hydrogen (secondary N) is 2. The Labute approximate surface area is 163 Å². The molecule has 0 aliphatic carbocycles. The number of benzene rings is 3. The van der Waals surface area contributed by atoms with E-state index in [4.69, 9.17) is 23.8 Å². The number of carbonyl (C=O) groups is 1. The minimum atomic E-state index is -4.55. The molecule has 0 bridgehead atoms. The molecule has 0 aliphatic heterocycles. The van der Waals surface area contributed by atoms with Crippen LogP contribution in [0, 0.1) is 0 Å². The van der Waals surface area contributed by atoms with Crippen molar-refractivity contribution < 1.29 is 18.0 Å². The predicted molar refractivity (Wildman–Crippen MR) is 104 cm³/mol. The fourth-order valence-electron chi connectivity index (χ4n) is 2.63. The maximum atomic E-state index is 13.1. The average molecular weight is 409 g/mol. The molecule has 27 heavy (non-hydrogen) atoms. The Morgan fingerprint density at radius 3 is 2.33 bits per heavy atom. The van der Waals surface area contributed by atoms with Crippen molar-refractivity contribution in [3.05, 3.63) is 76.8 Å². The largest absolute Gasteiger partial charge is 0.418 e. The van der Waals surface area contributed by atoms with Gasteiger partial charge in [0, 0.05) is 16.0 Å². The van der Waals surface area contributed by atoms with Crippen LogP contribution in [0.15, 0.2) is 60.7 Å². The van der Waals surface area contributed by atoms with Gasteiger partial charge in [-0.1, -0.05) is 48.0 Å². The Balaban J connectivity index is 1.82. The molecule has 0 spiro atoms. The van der Waals surface area contributed by atoms with Crippen LogP contribution in [0.25, 0.3) is 10.8 Å². The highest BCUT2D eigenvalue weighted by Gasteiger charge is 2.33. The van der Waals surface area contributed by atoms with Crippen LogP contribution in [0.3, 0.4) is 0 Å². The normalized spacial score (nSPS) is 11.3. The molecule has 0 saturated heterocycles. The average Bonchev–Trinajstić information content (AvgIpc) is 2.61. The molecular weight excluding hydrogens is 397 g/mol. The lowest BCUT2D eigenvalue weighted by atomic mass is 10.0. The molecule has 0 heterocycles. The zero-order valence-corrected chi connectivity index (χ0v) is 15.2. The topological polar surface area (TPSA) is 41.1 Å². The van der Waals surface area contributed by atoms with Gasteiger partial charge in [-0.2, -0.15) is 13.2 Å². The van der Waals surface area contributed by atoms with E-state index in [1.807, 2.05) is 0 Å². The molecule has 0 saturated carbocycles. The second-order valence-electron chi connectivity index (χ2n) is 5.59. The monoisotopic (exact) mass is 408 g/mol. The van der Waals surface area contributed by atoms with Crippen LogP contribution in [0.5, 0.6) is 0 Å². The van der Waals surface area contributed by atoms with E-state index in [9.17, 15) is 18.0 Å². The number of anilines is 1. The Hall–Kier alpha value is -2.64. The second-order valence-corrected chi connectivity index (χ2v) is 6.41. The van der Waals surface area contributed by atoms with Gasteiger partial charge in [-0.25, -0.2) is 0 Å². The zero-order valence-electron chi connectivity index (χ0n) is 13.6. The van der Waals surface area contributed by atoms with Crippen LogP contribution in [-0.2, 0) is 6.18 Å². The van der Waals surface area contributed by atoms with Crippen molar-refractivity contribution in [2.24, 2.45) is 0 Å². The Morgan fingerprint density at radius 2 is 1.59 bits per heavy atom. The summed E-state index contributed by atoms with van der Waals surface area (Å²) in [5, 5.41) is 6.38. The summed E-state index contributed by atoms with van der Waals surface area (Å²) in [6.45, 7) is 0. The quantitative estimate of drug-likeness (QED) is 0.539. The number of para-hydroxylation sites is 1. The molecule has 1 amide bonds. The molecule has 0 unspecified atom stereocenters. The molecule has 0 aromatic heterocycles. The number of carbonyl (C=O) groups excluding carboxylic acids is 1. The van der Waals surface area contributed by atoms with Crippen LogP contribution in [0.4, 0.5) is 18.9 Å². The number of rotatable bonds is 2. The fraction of sp³-hybridized carbons (Fsp3) is 0.0526. The van der Waals surface area contributed by atoms with Crippen molar-refractivity contribution in [3.63, 3.8) is 0 Å². The van der Waals surface area contributed by atoms with Crippen LogP contribution in [0.2, 0.25) is 5.02 Å². The molecule has 138 valence electrons. The van der Waals surface area contributed by atoms with Gasteiger partial charge in [0.1, 0.15) is 0 Å². The van der Waals surface area contributed by atoms with E-state index in [1.165, 1.54) is 18.2 Å². The van der Waals surface area contributed by atoms with Crippen molar-refractivity contribution >= 4 is 51.3 Å². The van der Waals surface area contributed by atoms with Gasteiger partial charge in [-0.3, -0.25) is 10.1 Å².